The van der Waals surface area contributed by atoms with Crippen molar-refractivity contribution in [2.45, 2.75) is 11.7 Å². The minimum Gasteiger partial charge on any atom is -0.318 e. The van der Waals surface area contributed by atoms with Gasteiger partial charge in [0.2, 0.25) is 0 Å². The van der Waals surface area contributed by atoms with Crippen LogP contribution in [0.4, 0.5) is 0 Å². The Morgan fingerprint density at radius 3 is 2.75 bits per heavy atom. The fourth-order valence-corrected chi connectivity index (χ4v) is 1.32. The molecule has 1 atom stereocenters. The fourth-order valence-electron chi connectivity index (χ4n) is 0.978. The summed E-state index contributed by atoms with van der Waals surface area (Å²) in [6, 6.07) is 0. The van der Waals surface area contributed by atoms with Crippen LogP contribution >= 0.6 is 12.6 Å². The lowest BCUT2D eigenvalue weighted by Gasteiger charge is -2.09. The highest BCUT2D eigenvalue weighted by Gasteiger charge is 2.16. The summed E-state index contributed by atoms with van der Waals surface area (Å²) in [5.41, 5.74) is 5.39. The molecule has 0 aliphatic carbocycles. The van der Waals surface area contributed by atoms with E-state index < -0.39 is 0 Å². The van der Waals surface area contributed by atoms with E-state index in [4.69, 9.17) is 5.73 Å². The van der Waals surface area contributed by atoms with E-state index in [1.807, 2.05) is 0 Å². The van der Waals surface area contributed by atoms with Crippen molar-refractivity contribution in [1.29, 1.82) is 0 Å². The lowest BCUT2D eigenvalue weighted by atomic mass is 10.4. The Labute approximate surface area is 55.4 Å². The van der Waals surface area contributed by atoms with Crippen molar-refractivity contribution in [1.82, 2.24) is 4.90 Å². The van der Waals surface area contributed by atoms with Gasteiger partial charge >= 0.3 is 0 Å². The number of likely N-dealkylation sites (tertiary alicyclic amines) is 1. The van der Waals surface area contributed by atoms with Gasteiger partial charge in [0.25, 0.3) is 0 Å². The molecule has 1 saturated heterocycles. The predicted octanol–water partition coefficient (Wildman–Crippen LogP) is -0.0933. The van der Waals surface area contributed by atoms with Crippen LogP contribution in [0.5, 0.6) is 0 Å². The molecule has 48 valence electrons. The summed E-state index contributed by atoms with van der Waals surface area (Å²) in [4.78, 5) is 2.21. The molecule has 1 aliphatic rings. The van der Waals surface area contributed by atoms with E-state index in [0.29, 0.717) is 11.9 Å². The summed E-state index contributed by atoms with van der Waals surface area (Å²) in [5.74, 6) is 0. The zero-order valence-corrected chi connectivity index (χ0v) is 5.77. The van der Waals surface area contributed by atoms with E-state index in [1.54, 1.807) is 0 Å². The van der Waals surface area contributed by atoms with Crippen LogP contribution in [0.2, 0.25) is 0 Å². The minimum atomic E-state index is 0.568. The Bertz CT molecular complexity index is 76.8. The average molecular weight is 132 g/mol. The first-order valence-corrected chi connectivity index (χ1v) is 3.45. The SMILES string of the molecule is NCN1CCC(S)C1. The summed E-state index contributed by atoms with van der Waals surface area (Å²) < 4.78 is 0. The lowest BCUT2D eigenvalue weighted by molar-refractivity contribution is 0.351. The van der Waals surface area contributed by atoms with Crippen LogP contribution < -0.4 is 5.73 Å². The van der Waals surface area contributed by atoms with Crippen molar-refractivity contribution in [2.24, 2.45) is 5.73 Å². The first-order chi connectivity index (χ1) is 3.83. The molecule has 0 aromatic heterocycles. The van der Waals surface area contributed by atoms with Gasteiger partial charge in [-0.25, -0.2) is 0 Å². The molecule has 1 aliphatic heterocycles. The first-order valence-electron chi connectivity index (χ1n) is 2.93. The monoisotopic (exact) mass is 132 g/mol. The maximum atomic E-state index is 5.39. The Morgan fingerprint density at radius 1 is 1.75 bits per heavy atom. The quantitative estimate of drug-likeness (QED) is 0.488. The fraction of sp³-hybridized carbons (Fsp3) is 1.00. The molecule has 0 radical (unpaired) electrons. The third-order valence-corrected chi connectivity index (χ3v) is 1.93. The second kappa shape index (κ2) is 2.71. The zero-order chi connectivity index (χ0) is 5.98. The maximum absolute atomic E-state index is 5.39. The molecule has 0 amide bonds. The first kappa shape index (κ1) is 6.39. The Balaban J connectivity index is 2.22. The van der Waals surface area contributed by atoms with Gasteiger partial charge in [0.05, 0.1) is 0 Å². The normalized spacial score (nSPS) is 31.5. The van der Waals surface area contributed by atoms with Gasteiger partial charge in [-0.3, -0.25) is 4.90 Å². The van der Waals surface area contributed by atoms with Crippen molar-refractivity contribution in [2.75, 3.05) is 19.8 Å². The second-order valence-corrected chi connectivity index (χ2v) is 2.93. The van der Waals surface area contributed by atoms with Crippen LogP contribution in [-0.4, -0.2) is 29.9 Å². The lowest BCUT2D eigenvalue weighted by Crippen LogP contribution is -2.27. The highest BCUT2D eigenvalue weighted by molar-refractivity contribution is 7.81. The van der Waals surface area contributed by atoms with Gasteiger partial charge in [-0.2, -0.15) is 12.6 Å². The summed E-state index contributed by atoms with van der Waals surface area (Å²) in [6.45, 7) is 2.89. The van der Waals surface area contributed by atoms with Crippen LogP contribution in [-0.2, 0) is 0 Å². The third kappa shape index (κ3) is 1.37. The van der Waals surface area contributed by atoms with E-state index >= 15 is 0 Å². The largest absolute Gasteiger partial charge is 0.318 e. The molecule has 3 heteroatoms. The summed E-state index contributed by atoms with van der Waals surface area (Å²) in [5, 5.41) is 0.568. The van der Waals surface area contributed by atoms with E-state index in [1.165, 1.54) is 6.42 Å². The summed E-state index contributed by atoms with van der Waals surface area (Å²) in [7, 11) is 0. The van der Waals surface area contributed by atoms with Crippen LogP contribution in [0.1, 0.15) is 6.42 Å². The van der Waals surface area contributed by atoms with Crippen LogP contribution in [0.25, 0.3) is 0 Å². The molecule has 0 bridgehead atoms. The molecular formula is C5H12N2S. The molecule has 0 aromatic rings. The highest BCUT2D eigenvalue weighted by atomic mass is 32.1. The molecule has 1 heterocycles. The topological polar surface area (TPSA) is 29.3 Å². The molecule has 0 saturated carbocycles. The molecule has 0 aromatic carbocycles. The Hall–Kier alpha value is 0.270. The Kier molecular flexibility index (Phi) is 2.16. The average Bonchev–Trinajstić information content (AvgIpc) is 2.14. The van der Waals surface area contributed by atoms with Gasteiger partial charge in [0.1, 0.15) is 0 Å². The van der Waals surface area contributed by atoms with Crippen molar-refractivity contribution < 1.29 is 0 Å². The maximum Gasteiger partial charge on any atom is 0.0455 e. The number of thiol groups is 1. The van der Waals surface area contributed by atoms with Crippen LogP contribution in [0.15, 0.2) is 0 Å². The van der Waals surface area contributed by atoms with Gasteiger partial charge in [0.15, 0.2) is 0 Å². The van der Waals surface area contributed by atoms with Gasteiger partial charge < -0.3 is 5.73 Å². The van der Waals surface area contributed by atoms with Crippen molar-refractivity contribution >= 4 is 12.6 Å². The van der Waals surface area contributed by atoms with E-state index in [9.17, 15) is 0 Å². The second-order valence-electron chi connectivity index (χ2n) is 2.20. The van der Waals surface area contributed by atoms with Crippen molar-refractivity contribution in [3.63, 3.8) is 0 Å². The molecule has 1 fully saturated rings. The standard InChI is InChI=1S/C5H12N2S/c6-4-7-2-1-5(8)3-7/h5,8H,1-4,6H2. The van der Waals surface area contributed by atoms with Gasteiger partial charge in [-0.15, -0.1) is 0 Å². The van der Waals surface area contributed by atoms with E-state index in [-0.39, 0.29) is 0 Å². The molecule has 0 spiro atoms. The van der Waals surface area contributed by atoms with Gasteiger partial charge in [-0.1, -0.05) is 0 Å². The van der Waals surface area contributed by atoms with Crippen molar-refractivity contribution in [3.05, 3.63) is 0 Å². The third-order valence-electron chi connectivity index (χ3n) is 1.51. The minimum absolute atomic E-state index is 0.568. The summed E-state index contributed by atoms with van der Waals surface area (Å²) >= 11 is 4.31. The molecule has 2 N–H and O–H groups in total. The van der Waals surface area contributed by atoms with Crippen LogP contribution in [0, 0.1) is 0 Å². The molecule has 8 heavy (non-hydrogen) atoms. The number of nitrogens with zero attached hydrogens (tertiary/aromatic N) is 1. The molecular weight excluding hydrogens is 120 g/mol. The highest BCUT2D eigenvalue weighted by Crippen LogP contribution is 2.11. The number of nitrogens with two attached hydrogens (primary N) is 1. The van der Waals surface area contributed by atoms with Crippen LogP contribution in [0.3, 0.4) is 0 Å². The zero-order valence-electron chi connectivity index (χ0n) is 4.88. The van der Waals surface area contributed by atoms with Gasteiger partial charge in [-0.05, 0) is 6.42 Å². The molecule has 1 unspecified atom stereocenters. The molecule has 2 nitrogen and oxygen atoms in total. The predicted molar refractivity (Wildman–Crippen MR) is 38.0 cm³/mol. The number of hydrogen-bond acceptors (Lipinski definition) is 3. The summed E-state index contributed by atoms with van der Waals surface area (Å²) in [6.07, 6.45) is 1.19. The molecule has 1 rings (SSSR count). The number of rotatable bonds is 1. The van der Waals surface area contributed by atoms with E-state index in [0.717, 1.165) is 13.1 Å². The van der Waals surface area contributed by atoms with Crippen molar-refractivity contribution in [3.8, 4) is 0 Å². The van der Waals surface area contributed by atoms with Gasteiger partial charge in [0, 0.05) is 25.0 Å². The smallest absolute Gasteiger partial charge is 0.0455 e. The number of hydrogen-bond donors (Lipinski definition) is 2. The Morgan fingerprint density at radius 2 is 2.50 bits per heavy atom. The van der Waals surface area contributed by atoms with E-state index in [2.05, 4.69) is 17.5 Å².